The second kappa shape index (κ2) is 6.04. The summed E-state index contributed by atoms with van der Waals surface area (Å²) in [4.78, 5) is 12.3. The Hall–Kier alpha value is -2.95. The number of ketones is 1. The third-order valence-corrected chi connectivity index (χ3v) is 3.65. The first-order chi connectivity index (χ1) is 11.1. The van der Waals surface area contributed by atoms with Crippen molar-refractivity contribution >= 4 is 17.0 Å². The number of anilines is 1. The quantitative estimate of drug-likeness (QED) is 0.581. The first-order valence-corrected chi connectivity index (χ1v) is 7.17. The van der Waals surface area contributed by atoms with E-state index in [0.29, 0.717) is 22.9 Å². The standard InChI is InChI=1S/C18H17N2O3/c1-12-9-14-5-3-4-8-20(14)18(12)23-11-16(21)13-6-7-15(19)17(10-13)22-2/h3,5-10H,11,19H2,1-2H3. The average Bonchev–Trinajstić information content (AvgIpc) is 2.88. The molecule has 1 aromatic carbocycles. The number of rotatable bonds is 5. The van der Waals surface area contributed by atoms with Crippen LogP contribution >= 0.6 is 0 Å². The molecule has 0 aliphatic carbocycles. The number of hydrogen-bond acceptors (Lipinski definition) is 4. The lowest BCUT2D eigenvalue weighted by Crippen LogP contribution is -2.13. The molecule has 2 heterocycles. The molecular weight excluding hydrogens is 292 g/mol. The predicted molar refractivity (Wildman–Crippen MR) is 88.2 cm³/mol. The lowest BCUT2D eigenvalue weighted by atomic mass is 10.1. The zero-order chi connectivity index (χ0) is 16.4. The van der Waals surface area contributed by atoms with Gasteiger partial charge in [-0.3, -0.25) is 9.20 Å². The molecule has 5 nitrogen and oxygen atoms in total. The van der Waals surface area contributed by atoms with Crippen LogP contribution in [0.4, 0.5) is 5.69 Å². The number of aromatic nitrogens is 1. The Kier molecular flexibility index (Phi) is 3.93. The summed E-state index contributed by atoms with van der Waals surface area (Å²) in [6.45, 7) is 1.88. The molecule has 2 aromatic heterocycles. The SMILES string of the molecule is COc1cc(C(=O)COc2c(C)cc3cc[c]cn23)ccc1N. The van der Waals surface area contributed by atoms with Gasteiger partial charge >= 0.3 is 0 Å². The van der Waals surface area contributed by atoms with Crippen molar-refractivity contribution in [2.24, 2.45) is 0 Å². The summed E-state index contributed by atoms with van der Waals surface area (Å²) >= 11 is 0. The van der Waals surface area contributed by atoms with Crippen LogP contribution in [-0.2, 0) is 0 Å². The fourth-order valence-electron chi connectivity index (χ4n) is 2.46. The van der Waals surface area contributed by atoms with Crippen molar-refractivity contribution in [2.75, 3.05) is 19.5 Å². The highest BCUT2D eigenvalue weighted by molar-refractivity contribution is 5.98. The molecule has 0 saturated carbocycles. The molecule has 5 heteroatoms. The van der Waals surface area contributed by atoms with Gasteiger partial charge in [-0.05, 0) is 43.3 Å². The van der Waals surface area contributed by atoms with E-state index in [0.717, 1.165) is 11.1 Å². The number of Topliss-reactive ketones (excluding diaryl/α,β-unsaturated/α-hetero) is 1. The van der Waals surface area contributed by atoms with Gasteiger partial charge in [-0.25, -0.2) is 0 Å². The maximum absolute atomic E-state index is 12.3. The summed E-state index contributed by atoms with van der Waals surface area (Å²) in [5.74, 6) is 0.986. The molecule has 0 aliphatic heterocycles. The number of fused-ring (bicyclic) bond motifs is 1. The van der Waals surface area contributed by atoms with Crippen LogP contribution in [0.1, 0.15) is 15.9 Å². The van der Waals surface area contributed by atoms with Crippen LogP contribution in [0.3, 0.4) is 0 Å². The van der Waals surface area contributed by atoms with Crippen molar-refractivity contribution in [3.8, 4) is 11.6 Å². The summed E-state index contributed by atoms with van der Waals surface area (Å²) in [5.41, 5.74) is 8.72. The van der Waals surface area contributed by atoms with Gasteiger partial charge in [-0.1, -0.05) is 6.07 Å². The minimum absolute atomic E-state index is 0.0606. The molecular formula is C18H17N2O3. The molecule has 0 fully saturated rings. The summed E-state index contributed by atoms with van der Waals surface area (Å²) in [6, 6.07) is 13.7. The van der Waals surface area contributed by atoms with Gasteiger partial charge in [0.2, 0.25) is 5.88 Å². The molecule has 2 N–H and O–H groups in total. The highest BCUT2D eigenvalue weighted by atomic mass is 16.5. The molecule has 3 aromatic rings. The number of nitrogens with two attached hydrogens (primary N) is 1. The number of nitrogens with zero attached hydrogens (tertiary/aromatic N) is 1. The summed E-state index contributed by atoms with van der Waals surface area (Å²) in [5, 5.41) is 0. The number of methoxy groups -OCH3 is 1. The van der Waals surface area contributed by atoms with Gasteiger partial charge in [0.05, 0.1) is 12.8 Å². The van der Waals surface area contributed by atoms with E-state index in [9.17, 15) is 4.79 Å². The van der Waals surface area contributed by atoms with Crippen LogP contribution < -0.4 is 15.2 Å². The number of ether oxygens (including phenoxy) is 2. The van der Waals surface area contributed by atoms with Crippen molar-refractivity contribution in [3.05, 3.63) is 59.8 Å². The van der Waals surface area contributed by atoms with Crippen LogP contribution in [0.15, 0.2) is 42.6 Å². The Morgan fingerprint density at radius 2 is 2.13 bits per heavy atom. The molecule has 0 saturated heterocycles. The van der Waals surface area contributed by atoms with Crippen LogP contribution in [0.25, 0.3) is 5.52 Å². The van der Waals surface area contributed by atoms with Crippen LogP contribution in [0.5, 0.6) is 11.6 Å². The predicted octanol–water partition coefficient (Wildman–Crippen LogP) is 2.90. The number of nitrogen functional groups attached to an aromatic ring is 1. The zero-order valence-electron chi connectivity index (χ0n) is 13.0. The third kappa shape index (κ3) is 2.85. The number of aryl methyl sites for hydroxylation is 1. The van der Waals surface area contributed by atoms with E-state index >= 15 is 0 Å². The first kappa shape index (κ1) is 15.0. The fourth-order valence-corrected chi connectivity index (χ4v) is 2.46. The van der Waals surface area contributed by atoms with E-state index in [2.05, 4.69) is 6.07 Å². The lowest BCUT2D eigenvalue weighted by molar-refractivity contribution is 0.0917. The molecule has 0 unspecified atom stereocenters. The Morgan fingerprint density at radius 1 is 1.30 bits per heavy atom. The van der Waals surface area contributed by atoms with Crippen molar-refractivity contribution in [1.29, 1.82) is 0 Å². The Bertz CT molecular complexity index is 868. The molecule has 3 rings (SSSR count). The largest absolute Gasteiger partial charge is 0.495 e. The van der Waals surface area contributed by atoms with Gasteiger partial charge in [-0.15, -0.1) is 0 Å². The maximum Gasteiger partial charge on any atom is 0.201 e. The number of pyridine rings is 1. The van der Waals surface area contributed by atoms with Crippen LogP contribution in [0, 0.1) is 13.0 Å². The van der Waals surface area contributed by atoms with Gasteiger partial charge in [0.15, 0.2) is 12.4 Å². The summed E-state index contributed by atoms with van der Waals surface area (Å²) in [6.07, 6.45) is 1.79. The second-order valence-electron chi connectivity index (χ2n) is 5.23. The molecule has 0 amide bonds. The van der Waals surface area contributed by atoms with Crippen LogP contribution in [0.2, 0.25) is 0 Å². The number of hydrogen-bond donors (Lipinski definition) is 1. The van der Waals surface area contributed by atoms with Crippen molar-refractivity contribution in [3.63, 3.8) is 0 Å². The number of benzene rings is 1. The smallest absolute Gasteiger partial charge is 0.201 e. The highest BCUT2D eigenvalue weighted by Crippen LogP contribution is 2.25. The van der Waals surface area contributed by atoms with Gasteiger partial charge in [0.1, 0.15) is 5.75 Å². The Balaban J connectivity index is 1.79. The Labute approximate surface area is 134 Å². The maximum atomic E-state index is 12.3. The zero-order valence-corrected chi connectivity index (χ0v) is 13.0. The molecule has 0 atom stereocenters. The van der Waals surface area contributed by atoms with Gasteiger partial charge in [0, 0.05) is 22.8 Å². The van der Waals surface area contributed by atoms with Gasteiger partial charge in [-0.2, -0.15) is 0 Å². The molecule has 117 valence electrons. The van der Waals surface area contributed by atoms with Gasteiger partial charge < -0.3 is 15.2 Å². The first-order valence-electron chi connectivity index (χ1n) is 7.17. The minimum Gasteiger partial charge on any atom is -0.495 e. The van der Waals surface area contributed by atoms with Crippen molar-refractivity contribution < 1.29 is 14.3 Å². The Morgan fingerprint density at radius 3 is 2.91 bits per heavy atom. The van der Waals surface area contributed by atoms with Gasteiger partial charge in [0.25, 0.3) is 0 Å². The average molecular weight is 309 g/mol. The topological polar surface area (TPSA) is 66.0 Å². The summed E-state index contributed by atoms with van der Waals surface area (Å²) in [7, 11) is 1.52. The van der Waals surface area contributed by atoms with E-state index in [-0.39, 0.29) is 12.4 Å². The highest BCUT2D eigenvalue weighted by Gasteiger charge is 2.13. The van der Waals surface area contributed by atoms with E-state index in [1.807, 2.05) is 29.5 Å². The number of carbonyl (C=O) groups is 1. The molecule has 23 heavy (non-hydrogen) atoms. The molecule has 1 radical (unpaired) electrons. The van der Waals surface area contributed by atoms with Crippen LogP contribution in [-0.4, -0.2) is 23.9 Å². The lowest BCUT2D eigenvalue weighted by Gasteiger charge is -2.09. The van der Waals surface area contributed by atoms with Crippen molar-refractivity contribution in [1.82, 2.24) is 4.40 Å². The second-order valence-corrected chi connectivity index (χ2v) is 5.23. The third-order valence-electron chi connectivity index (χ3n) is 3.65. The fraction of sp³-hybridized carbons (Fsp3) is 0.167. The minimum atomic E-state index is -0.141. The van der Waals surface area contributed by atoms with E-state index < -0.39 is 0 Å². The number of carbonyl (C=O) groups excluding carboxylic acids is 1. The molecule has 0 aliphatic rings. The van der Waals surface area contributed by atoms with E-state index in [4.69, 9.17) is 15.2 Å². The summed E-state index contributed by atoms with van der Waals surface area (Å²) < 4.78 is 12.7. The molecule has 0 spiro atoms. The monoisotopic (exact) mass is 309 g/mol. The van der Waals surface area contributed by atoms with Crippen molar-refractivity contribution in [2.45, 2.75) is 6.92 Å². The normalized spacial score (nSPS) is 10.7. The van der Waals surface area contributed by atoms with E-state index in [1.54, 1.807) is 24.4 Å². The van der Waals surface area contributed by atoms with E-state index in [1.165, 1.54) is 7.11 Å². The molecule has 0 bridgehead atoms.